The molecule has 0 spiro atoms. The molecule has 100 valence electrons. The molecule has 2 aromatic rings. The average Bonchev–Trinajstić information content (AvgIpc) is 2.33. The number of benzene rings is 2. The molecule has 0 bridgehead atoms. The van der Waals surface area contributed by atoms with E-state index in [2.05, 4.69) is 20.7 Å². The maximum Gasteiger partial charge on any atom is 0.261 e. The van der Waals surface area contributed by atoms with Gasteiger partial charge in [0, 0.05) is 10.5 Å². The molecule has 0 heterocycles. The van der Waals surface area contributed by atoms with Gasteiger partial charge in [-0.05, 0) is 36.4 Å². The van der Waals surface area contributed by atoms with Gasteiger partial charge in [-0.25, -0.2) is 17.2 Å². The first-order chi connectivity index (χ1) is 8.88. The highest BCUT2D eigenvalue weighted by Crippen LogP contribution is 2.21. The predicted octanol–water partition coefficient (Wildman–Crippen LogP) is 3.53. The minimum absolute atomic E-state index is 0.0144. The summed E-state index contributed by atoms with van der Waals surface area (Å²) in [5.41, 5.74) is -0.302. The second kappa shape index (κ2) is 5.26. The highest BCUT2D eigenvalue weighted by Gasteiger charge is 2.16. The second-order valence-corrected chi connectivity index (χ2v) is 6.28. The molecule has 7 heteroatoms. The van der Waals surface area contributed by atoms with Crippen LogP contribution in [0.1, 0.15) is 0 Å². The van der Waals surface area contributed by atoms with Crippen LogP contribution in [-0.4, -0.2) is 8.42 Å². The van der Waals surface area contributed by atoms with E-state index < -0.39 is 21.7 Å². The molecule has 0 saturated carbocycles. The lowest BCUT2D eigenvalue weighted by atomic mass is 10.3. The fourth-order valence-electron chi connectivity index (χ4n) is 1.39. The normalized spacial score (nSPS) is 11.3. The summed E-state index contributed by atoms with van der Waals surface area (Å²) in [5.74, 6) is -1.75. The van der Waals surface area contributed by atoms with E-state index in [9.17, 15) is 17.2 Å². The van der Waals surface area contributed by atoms with E-state index >= 15 is 0 Å². The Morgan fingerprint density at radius 2 is 1.63 bits per heavy atom. The summed E-state index contributed by atoms with van der Waals surface area (Å²) < 4.78 is 52.8. The molecule has 0 aliphatic rings. The maximum atomic E-state index is 13.4. The van der Waals surface area contributed by atoms with E-state index in [0.29, 0.717) is 6.07 Å². The van der Waals surface area contributed by atoms with Crippen LogP contribution in [-0.2, 0) is 10.0 Å². The van der Waals surface area contributed by atoms with Gasteiger partial charge >= 0.3 is 0 Å². The standard InChI is InChI=1S/C12H8BrF2NO2S/c13-8-1-4-10(5-2-8)19(17,18)16-12-6-3-9(14)7-11(12)15/h1-7,16H. The van der Waals surface area contributed by atoms with Gasteiger partial charge in [0.25, 0.3) is 10.0 Å². The lowest BCUT2D eigenvalue weighted by Gasteiger charge is -2.09. The van der Waals surface area contributed by atoms with Gasteiger partial charge < -0.3 is 0 Å². The molecule has 0 saturated heterocycles. The number of nitrogens with one attached hydrogen (secondary N) is 1. The zero-order valence-corrected chi connectivity index (χ0v) is 11.8. The summed E-state index contributed by atoms with van der Waals surface area (Å²) in [6.07, 6.45) is 0. The molecule has 0 aromatic heterocycles. The summed E-state index contributed by atoms with van der Waals surface area (Å²) in [4.78, 5) is -0.0144. The number of sulfonamides is 1. The van der Waals surface area contributed by atoms with Gasteiger partial charge in [0.1, 0.15) is 11.6 Å². The highest BCUT2D eigenvalue weighted by atomic mass is 79.9. The number of rotatable bonds is 3. The van der Waals surface area contributed by atoms with E-state index in [1.54, 1.807) is 12.1 Å². The lowest BCUT2D eigenvalue weighted by Crippen LogP contribution is -2.13. The van der Waals surface area contributed by atoms with Crippen LogP contribution in [0.25, 0.3) is 0 Å². The molecule has 0 fully saturated rings. The molecule has 0 aliphatic carbocycles. The van der Waals surface area contributed by atoms with Crippen LogP contribution in [0.3, 0.4) is 0 Å². The molecule has 1 N–H and O–H groups in total. The van der Waals surface area contributed by atoms with Gasteiger partial charge in [-0.1, -0.05) is 15.9 Å². The zero-order valence-electron chi connectivity index (χ0n) is 9.40. The third kappa shape index (κ3) is 3.30. The first kappa shape index (κ1) is 14.0. The Balaban J connectivity index is 2.33. The smallest absolute Gasteiger partial charge is 0.261 e. The van der Waals surface area contributed by atoms with Crippen molar-refractivity contribution in [2.75, 3.05) is 4.72 Å². The largest absolute Gasteiger partial charge is 0.277 e. The quantitative estimate of drug-likeness (QED) is 0.923. The van der Waals surface area contributed by atoms with Crippen LogP contribution in [0.4, 0.5) is 14.5 Å². The Labute approximate surface area is 117 Å². The van der Waals surface area contributed by atoms with Crippen molar-refractivity contribution >= 4 is 31.6 Å². The molecule has 0 atom stereocenters. The van der Waals surface area contributed by atoms with Crippen LogP contribution in [0.15, 0.2) is 51.8 Å². The van der Waals surface area contributed by atoms with Crippen molar-refractivity contribution in [2.24, 2.45) is 0 Å². The Bertz CT molecular complexity index is 702. The monoisotopic (exact) mass is 347 g/mol. The number of halogens is 3. The summed E-state index contributed by atoms with van der Waals surface area (Å²) in [7, 11) is -3.90. The SMILES string of the molecule is O=S(=O)(Nc1ccc(F)cc1F)c1ccc(Br)cc1. The van der Waals surface area contributed by atoms with Crippen molar-refractivity contribution in [1.82, 2.24) is 0 Å². The molecular formula is C12H8BrF2NO2S. The Hall–Kier alpha value is -1.47. The van der Waals surface area contributed by atoms with Gasteiger partial charge in [-0.15, -0.1) is 0 Å². The van der Waals surface area contributed by atoms with Crippen LogP contribution in [0, 0.1) is 11.6 Å². The van der Waals surface area contributed by atoms with Crippen LogP contribution in [0.2, 0.25) is 0 Å². The molecule has 0 unspecified atom stereocenters. The first-order valence-electron chi connectivity index (χ1n) is 5.12. The second-order valence-electron chi connectivity index (χ2n) is 3.68. The number of hydrogen-bond acceptors (Lipinski definition) is 2. The van der Waals surface area contributed by atoms with E-state index in [-0.39, 0.29) is 10.6 Å². The van der Waals surface area contributed by atoms with Crippen molar-refractivity contribution < 1.29 is 17.2 Å². The first-order valence-corrected chi connectivity index (χ1v) is 7.39. The van der Waals surface area contributed by atoms with Crippen LogP contribution < -0.4 is 4.72 Å². The lowest BCUT2D eigenvalue weighted by molar-refractivity contribution is 0.583. The summed E-state index contributed by atoms with van der Waals surface area (Å²) in [5, 5.41) is 0. The summed E-state index contributed by atoms with van der Waals surface area (Å²) >= 11 is 3.18. The zero-order chi connectivity index (χ0) is 14.0. The minimum atomic E-state index is -3.90. The van der Waals surface area contributed by atoms with Crippen molar-refractivity contribution in [3.05, 3.63) is 58.6 Å². The average molecular weight is 348 g/mol. The summed E-state index contributed by atoms with van der Waals surface area (Å²) in [6, 6.07) is 8.45. The maximum absolute atomic E-state index is 13.4. The van der Waals surface area contributed by atoms with Gasteiger partial charge in [0.2, 0.25) is 0 Å². The molecule has 0 radical (unpaired) electrons. The molecular weight excluding hydrogens is 340 g/mol. The van der Waals surface area contributed by atoms with E-state index in [1.807, 2.05) is 0 Å². The van der Waals surface area contributed by atoms with Gasteiger partial charge in [-0.3, -0.25) is 4.72 Å². The van der Waals surface area contributed by atoms with Gasteiger partial charge in [0.05, 0.1) is 10.6 Å². The van der Waals surface area contributed by atoms with Crippen molar-refractivity contribution in [2.45, 2.75) is 4.90 Å². The van der Waals surface area contributed by atoms with E-state index in [4.69, 9.17) is 0 Å². The number of anilines is 1. The van der Waals surface area contributed by atoms with Crippen molar-refractivity contribution in [3.63, 3.8) is 0 Å². The molecule has 19 heavy (non-hydrogen) atoms. The highest BCUT2D eigenvalue weighted by molar-refractivity contribution is 9.10. The van der Waals surface area contributed by atoms with Gasteiger partial charge in [0.15, 0.2) is 0 Å². The van der Waals surface area contributed by atoms with Gasteiger partial charge in [-0.2, -0.15) is 0 Å². The Morgan fingerprint density at radius 3 is 2.21 bits per heavy atom. The van der Waals surface area contributed by atoms with Crippen LogP contribution in [0.5, 0.6) is 0 Å². The van der Waals surface area contributed by atoms with Crippen molar-refractivity contribution in [3.8, 4) is 0 Å². The molecule has 2 aromatic carbocycles. The Morgan fingerprint density at radius 1 is 1.00 bits per heavy atom. The molecule has 0 amide bonds. The fraction of sp³-hybridized carbons (Fsp3) is 0. The van der Waals surface area contributed by atoms with E-state index in [1.165, 1.54) is 12.1 Å². The fourth-order valence-corrected chi connectivity index (χ4v) is 2.72. The topological polar surface area (TPSA) is 46.2 Å². The van der Waals surface area contributed by atoms with Crippen molar-refractivity contribution in [1.29, 1.82) is 0 Å². The third-order valence-electron chi connectivity index (χ3n) is 2.30. The van der Waals surface area contributed by atoms with E-state index in [0.717, 1.165) is 16.6 Å². The Kier molecular flexibility index (Phi) is 3.86. The summed E-state index contributed by atoms with van der Waals surface area (Å²) in [6.45, 7) is 0. The van der Waals surface area contributed by atoms with Crippen LogP contribution >= 0.6 is 15.9 Å². The third-order valence-corrected chi connectivity index (χ3v) is 4.21. The molecule has 2 rings (SSSR count). The molecule has 0 aliphatic heterocycles. The number of hydrogen-bond donors (Lipinski definition) is 1. The predicted molar refractivity (Wildman–Crippen MR) is 71.3 cm³/mol. The molecule has 3 nitrogen and oxygen atoms in total. The minimum Gasteiger partial charge on any atom is -0.277 e.